The highest BCUT2D eigenvalue weighted by molar-refractivity contribution is 7.12. The zero-order valence-corrected chi connectivity index (χ0v) is 13.0. The molecule has 0 saturated carbocycles. The van der Waals surface area contributed by atoms with Crippen LogP contribution in [0.25, 0.3) is 0 Å². The molecule has 19 heavy (non-hydrogen) atoms. The average Bonchev–Trinajstić information content (AvgIpc) is 2.89. The van der Waals surface area contributed by atoms with Gasteiger partial charge in [-0.2, -0.15) is 0 Å². The summed E-state index contributed by atoms with van der Waals surface area (Å²) in [6.07, 6.45) is 2.05. The van der Waals surface area contributed by atoms with Crippen molar-refractivity contribution in [3.63, 3.8) is 0 Å². The summed E-state index contributed by atoms with van der Waals surface area (Å²) < 4.78 is 0. The number of aryl methyl sites for hydroxylation is 1. The van der Waals surface area contributed by atoms with Crippen LogP contribution in [0.15, 0.2) is 36.4 Å². The van der Waals surface area contributed by atoms with Crippen LogP contribution < -0.4 is 5.32 Å². The first-order valence-electron chi connectivity index (χ1n) is 6.80. The SMILES string of the molecule is CCNC(Cc1ccccc1Cl)c1ccc(CC)s1. The van der Waals surface area contributed by atoms with Gasteiger partial charge in [0.05, 0.1) is 0 Å². The van der Waals surface area contributed by atoms with Crippen molar-refractivity contribution >= 4 is 22.9 Å². The third-order valence-electron chi connectivity index (χ3n) is 3.21. The zero-order valence-electron chi connectivity index (χ0n) is 11.4. The smallest absolute Gasteiger partial charge is 0.0456 e. The van der Waals surface area contributed by atoms with Gasteiger partial charge >= 0.3 is 0 Å². The molecule has 1 aromatic heterocycles. The molecule has 2 rings (SSSR count). The zero-order chi connectivity index (χ0) is 13.7. The van der Waals surface area contributed by atoms with Crippen LogP contribution in [0.3, 0.4) is 0 Å². The van der Waals surface area contributed by atoms with E-state index in [-0.39, 0.29) is 0 Å². The van der Waals surface area contributed by atoms with Gasteiger partial charge in [-0.05, 0) is 43.1 Å². The third-order valence-corrected chi connectivity index (χ3v) is 4.92. The lowest BCUT2D eigenvalue weighted by Crippen LogP contribution is -2.22. The molecule has 0 amide bonds. The van der Waals surface area contributed by atoms with Crippen LogP contribution in [0.2, 0.25) is 5.02 Å². The summed E-state index contributed by atoms with van der Waals surface area (Å²) in [4.78, 5) is 2.84. The van der Waals surface area contributed by atoms with E-state index in [1.54, 1.807) is 0 Å². The molecular formula is C16H20ClNS. The van der Waals surface area contributed by atoms with Gasteiger partial charge in [-0.3, -0.25) is 0 Å². The predicted octanol–water partition coefficient (Wildman–Crippen LogP) is 4.86. The molecule has 1 atom stereocenters. The van der Waals surface area contributed by atoms with Crippen LogP contribution in [0.1, 0.15) is 35.2 Å². The van der Waals surface area contributed by atoms with Gasteiger partial charge in [0, 0.05) is 20.8 Å². The Morgan fingerprint density at radius 3 is 2.58 bits per heavy atom. The second-order valence-electron chi connectivity index (χ2n) is 4.56. The minimum absolute atomic E-state index is 0.357. The van der Waals surface area contributed by atoms with Crippen LogP contribution in [0, 0.1) is 0 Å². The molecule has 2 aromatic rings. The number of likely N-dealkylation sites (N-methyl/N-ethyl adjacent to an activating group) is 1. The summed E-state index contributed by atoms with van der Waals surface area (Å²) in [5, 5.41) is 4.42. The lowest BCUT2D eigenvalue weighted by Gasteiger charge is -2.17. The number of halogens is 1. The highest BCUT2D eigenvalue weighted by Crippen LogP contribution is 2.28. The number of benzene rings is 1. The van der Waals surface area contributed by atoms with Crippen LogP contribution in [0.5, 0.6) is 0 Å². The molecule has 0 aliphatic heterocycles. The molecule has 0 radical (unpaired) electrons. The van der Waals surface area contributed by atoms with Crippen LogP contribution >= 0.6 is 22.9 Å². The summed E-state index contributed by atoms with van der Waals surface area (Å²) in [6.45, 7) is 5.31. The minimum Gasteiger partial charge on any atom is -0.309 e. The summed E-state index contributed by atoms with van der Waals surface area (Å²) in [5.41, 5.74) is 1.21. The molecule has 1 unspecified atom stereocenters. The predicted molar refractivity (Wildman–Crippen MR) is 85.3 cm³/mol. The Morgan fingerprint density at radius 1 is 1.16 bits per heavy atom. The summed E-state index contributed by atoms with van der Waals surface area (Å²) in [6, 6.07) is 12.9. The quantitative estimate of drug-likeness (QED) is 0.802. The molecule has 3 heteroatoms. The topological polar surface area (TPSA) is 12.0 Å². The molecule has 0 aliphatic rings. The second-order valence-corrected chi connectivity index (χ2v) is 6.17. The molecule has 1 heterocycles. The van der Waals surface area contributed by atoms with E-state index in [1.807, 2.05) is 23.5 Å². The number of hydrogen-bond donors (Lipinski definition) is 1. The van der Waals surface area contributed by atoms with Gasteiger partial charge in [0.2, 0.25) is 0 Å². The Hall–Kier alpha value is -0.830. The van der Waals surface area contributed by atoms with Crippen molar-refractivity contribution in [2.45, 2.75) is 32.7 Å². The van der Waals surface area contributed by atoms with E-state index >= 15 is 0 Å². The number of nitrogens with one attached hydrogen (secondary N) is 1. The Balaban J connectivity index is 2.18. The van der Waals surface area contributed by atoms with Crippen molar-refractivity contribution in [2.24, 2.45) is 0 Å². The van der Waals surface area contributed by atoms with Gasteiger partial charge in [0.25, 0.3) is 0 Å². The van der Waals surface area contributed by atoms with Gasteiger partial charge in [-0.25, -0.2) is 0 Å². The van der Waals surface area contributed by atoms with E-state index in [0.29, 0.717) is 6.04 Å². The molecule has 0 aliphatic carbocycles. The van der Waals surface area contributed by atoms with Crippen LogP contribution in [0.4, 0.5) is 0 Å². The summed E-state index contributed by atoms with van der Waals surface area (Å²) in [5.74, 6) is 0. The molecule has 0 bridgehead atoms. The normalized spacial score (nSPS) is 12.6. The van der Waals surface area contributed by atoms with Gasteiger partial charge in [-0.1, -0.05) is 43.6 Å². The van der Waals surface area contributed by atoms with Crippen molar-refractivity contribution in [3.05, 3.63) is 56.7 Å². The van der Waals surface area contributed by atoms with E-state index in [1.165, 1.54) is 15.3 Å². The molecular weight excluding hydrogens is 274 g/mol. The first kappa shape index (κ1) is 14.6. The Kier molecular flexibility index (Phi) is 5.44. The monoisotopic (exact) mass is 293 g/mol. The van der Waals surface area contributed by atoms with Crippen molar-refractivity contribution in [2.75, 3.05) is 6.54 Å². The lowest BCUT2D eigenvalue weighted by atomic mass is 10.0. The fourth-order valence-corrected chi connectivity index (χ4v) is 3.42. The Morgan fingerprint density at radius 2 is 1.95 bits per heavy atom. The van der Waals surface area contributed by atoms with Gasteiger partial charge < -0.3 is 5.32 Å². The summed E-state index contributed by atoms with van der Waals surface area (Å²) >= 11 is 8.16. The maximum Gasteiger partial charge on any atom is 0.0456 e. The van der Waals surface area contributed by atoms with Gasteiger partial charge in [0.1, 0.15) is 0 Å². The molecule has 1 nitrogen and oxygen atoms in total. The van der Waals surface area contributed by atoms with Crippen molar-refractivity contribution < 1.29 is 0 Å². The Bertz CT molecular complexity index is 521. The number of thiophene rings is 1. The van der Waals surface area contributed by atoms with Gasteiger partial charge in [0.15, 0.2) is 0 Å². The lowest BCUT2D eigenvalue weighted by molar-refractivity contribution is 0.558. The fraction of sp³-hybridized carbons (Fsp3) is 0.375. The second kappa shape index (κ2) is 7.09. The van der Waals surface area contributed by atoms with E-state index in [2.05, 4.69) is 43.4 Å². The third kappa shape index (κ3) is 3.82. The van der Waals surface area contributed by atoms with E-state index in [0.717, 1.165) is 24.4 Å². The van der Waals surface area contributed by atoms with E-state index < -0.39 is 0 Å². The van der Waals surface area contributed by atoms with Crippen molar-refractivity contribution in [1.82, 2.24) is 5.32 Å². The maximum atomic E-state index is 6.26. The van der Waals surface area contributed by atoms with Gasteiger partial charge in [-0.15, -0.1) is 11.3 Å². The van der Waals surface area contributed by atoms with Crippen molar-refractivity contribution in [1.29, 1.82) is 0 Å². The Labute approximate surface area is 124 Å². The fourth-order valence-electron chi connectivity index (χ4n) is 2.18. The molecule has 102 valence electrons. The number of hydrogen-bond acceptors (Lipinski definition) is 2. The van der Waals surface area contributed by atoms with E-state index in [9.17, 15) is 0 Å². The maximum absolute atomic E-state index is 6.26. The summed E-state index contributed by atoms with van der Waals surface area (Å²) in [7, 11) is 0. The first-order chi connectivity index (χ1) is 9.24. The highest BCUT2D eigenvalue weighted by atomic mass is 35.5. The molecule has 1 aromatic carbocycles. The molecule has 0 saturated heterocycles. The van der Waals surface area contributed by atoms with Crippen molar-refractivity contribution in [3.8, 4) is 0 Å². The standard InChI is InChI=1S/C16H20ClNS/c1-3-13-9-10-16(19-13)15(18-4-2)11-12-7-5-6-8-14(12)17/h5-10,15,18H,3-4,11H2,1-2H3. The van der Waals surface area contributed by atoms with Crippen LogP contribution in [-0.2, 0) is 12.8 Å². The molecule has 1 N–H and O–H groups in total. The number of rotatable bonds is 6. The van der Waals surface area contributed by atoms with Crippen LogP contribution in [-0.4, -0.2) is 6.54 Å². The van der Waals surface area contributed by atoms with E-state index in [4.69, 9.17) is 11.6 Å². The molecule has 0 fully saturated rings. The molecule has 0 spiro atoms. The minimum atomic E-state index is 0.357. The average molecular weight is 294 g/mol. The largest absolute Gasteiger partial charge is 0.309 e. The highest BCUT2D eigenvalue weighted by Gasteiger charge is 2.14. The first-order valence-corrected chi connectivity index (χ1v) is 7.99.